The van der Waals surface area contributed by atoms with Gasteiger partial charge in [0, 0.05) is 10.7 Å². The summed E-state index contributed by atoms with van der Waals surface area (Å²) in [6.45, 7) is 1.99. The largest absolute Gasteiger partial charge is 0.486 e. The third-order valence-corrected chi connectivity index (χ3v) is 4.91. The van der Waals surface area contributed by atoms with Crippen molar-refractivity contribution in [3.05, 3.63) is 58.6 Å². The molecule has 0 spiro atoms. The van der Waals surface area contributed by atoms with Crippen LogP contribution in [-0.2, 0) is 9.09 Å². The van der Waals surface area contributed by atoms with Crippen molar-refractivity contribution in [2.45, 2.75) is 20.0 Å². The normalized spacial score (nSPS) is 14.0. The number of anilines is 1. The molecule has 9 heteroatoms. The van der Waals surface area contributed by atoms with Crippen LogP contribution in [0.4, 0.5) is 18.9 Å². The Labute approximate surface area is 148 Å². The van der Waals surface area contributed by atoms with Gasteiger partial charge in [-0.05, 0) is 61.4 Å². The number of nitrogens with one attached hydrogen (secondary N) is 1. The van der Waals surface area contributed by atoms with Crippen molar-refractivity contribution < 1.29 is 26.8 Å². The summed E-state index contributed by atoms with van der Waals surface area (Å²) in [5, 5.41) is 2.84. The number of hydrogen-bond donors (Lipinski definition) is 1. The lowest BCUT2D eigenvalue weighted by molar-refractivity contribution is -0.154. The Kier molecular flexibility index (Phi) is 6.03. The van der Waals surface area contributed by atoms with Gasteiger partial charge in [-0.3, -0.25) is 9.61 Å². The molecule has 0 heterocycles. The molecule has 1 N–H and O–H groups in total. The Bertz CT molecular complexity index is 781. The highest BCUT2D eigenvalue weighted by Gasteiger charge is 2.36. The molecule has 0 aliphatic heterocycles. The molecule has 0 aromatic heterocycles. The maximum atomic E-state index is 12.8. The molecule has 0 bridgehead atoms. The quantitative estimate of drug-likeness (QED) is 0.599. The summed E-state index contributed by atoms with van der Waals surface area (Å²) in [6.07, 6.45) is -4.65. The molecule has 2 aromatic rings. The number of alkyl halides is 3. The lowest BCUT2D eigenvalue weighted by atomic mass is 10.1. The number of aryl methyl sites for hydroxylation is 2. The Morgan fingerprint density at radius 2 is 1.72 bits per heavy atom. The molecule has 0 radical (unpaired) electrons. The van der Waals surface area contributed by atoms with E-state index in [0.717, 1.165) is 11.1 Å². The predicted molar refractivity (Wildman–Crippen MR) is 91.2 cm³/mol. The highest BCUT2D eigenvalue weighted by Crippen LogP contribution is 2.49. The highest BCUT2D eigenvalue weighted by molar-refractivity contribution is 7.55. The maximum Gasteiger partial charge on any atom is 0.486 e. The van der Waals surface area contributed by atoms with E-state index in [4.69, 9.17) is 16.1 Å². The third-order valence-electron chi connectivity index (χ3n) is 3.21. The first kappa shape index (κ1) is 19.6. The number of hydrogen-bond acceptors (Lipinski definition) is 3. The Morgan fingerprint density at radius 3 is 2.28 bits per heavy atom. The van der Waals surface area contributed by atoms with Crippen LogP contribution in [0.5, 0.6) is 5.75 Å². The van der Waals surface area contributed by atoms with E-state index in [0.29, 0.717) is 10.7 Å². The molecule has 0 aliphatic carbocycles. The minimum absolute atomic E-state index is 0.0613. The van der Waals surface area contributed by atoms with Crippen LogP contribution in [0, 0.1) is 13.8 Å². The van der Waals surface area contributed by atoms with Crippen molar-refractivity contribution in [1.82, 2.24) is 0 Å². The van der Waals surface area contributed by atoms with Gasteiger partial charge in [0.05, 0.1) is 0 Å². The molecule has 2 aromatic carbocycles. The van der Waals surface area contributed by atoms with Crippen LogP contribution in [0.2, 0.25) is 5.02 Å². The van der Waals surface area contributed by atoms with E-state index in [1.807, 2.05) is 13.8 Å². The van der Waals surface area contributed by atoms with E-state index in [2.05, 4.69) is 9.61 Å². The van der Waals surface area contributed by atoms with Crippen LogP contribution < -0.4 is 9.61 Å². The Morgan fingerprint density at radius 1 is 1.08 bits per heavy atom. The lowest BCUT2D eigenvalue weighted by Gasteiger charge is -2.21. The predicted octanol–water partition coefficient (Wildman–Crippen LogP) is 6.13. The zero-order chi connectivity index (χ0) is 18.7. The number of rotatable bonds is 6. The van der Waals surface area contributed by atoms with Crippen LogP contribution >= 0.6 is 19.3 Å². The van der Waals surface area contributed by atoms with Gasteiger partial charge in [-0.15, -0.1) is 0 Å². The van der Waals surface area contributed by atoms with Crippen molar-refractivity contribution in [3.8, 4) is 5.75 Å². The van der Waals surface area contributed by atoms with E-state index in [-0.39, 0.29) is 5.75 Å². The second-order valence-corrected chi connectivity index (χ2v) is 7.44. The Hall–Kier alpha value is -1.69. The highest BCUT2D eigenvalue weighted by atomic mass is 35.5. The first-order valence-corrected chi connectivity index (χ1v) is 9.10. The average molecular weight is 394 g/mol. The van der Waals surface area contributed by atoms with Gasteiger partial charge in [0.1, 0.15) is 5.75 Å². The first-order chi connectivity index (χ1) is 11.6. The SMILES string of the molecule is Cc1ccc(N[P@](=O)(OCC(F)(F)F)Oc2ccc(Cl)cc2)cc1C. The van der Waals surface area contributed by atoms with Gasteiger partial charge in [-0.1, -0.05) is 17.7 Å². The van der Waals surface area contributed by atoms with Crippen molar-refractivity contribution in [1.29, 1.82) is 0 Å². The zero-order valence-electron chi connectivity index (χ0n) is 13.4. The second kappa shape index (κ2) is 7.68. The van der Waals surface area contributed by atoms with Gasteiger partial charge < -0.3 is 4.52 Å². The summed E-state index contributed by atoms with van der Waals surface area (Å²) in [5.74, 6) is 0.0613. The van der Waals surface area contributed by atoms with Gasteiger partial charge in [-0.25, -0.2) is 4.57 Å². The monoisotopic (exact) mass is 393 g/mol. The molecule has 0 aliphatic rings. The third kappa shape index (κ3) is 6.27. The number of benzene rings is 2. The molecule has 0 amide bonds. The van der Waals surface area contributed by atoms with Crippen LogP contribution in [0.25, 0.3) is 0 Å². The lowest BCUT2D eigenvalue weighted by Crippen LogP contribution is -2.19. The van der Waals surface area contributed by atoms with Crippen molar-refractivity contribution in [2.75, 3.05) is 11.7 Å². The molecule has 1 atom stereocenters. The van der Waals surface area contributed by atoms with E-state index in [1.165, 1.54) is 24.3 Å². The second-order valence-electron chi connectivity index (χ2n) is 5.34. The standard InChI is InChI=1S/C16H16ClF3NO3P/c1-11-3-6-14(9-12(11)2)21-25(22,23-10-16(18,19)20)24-15-7-4-13(17)5-8-15/h3-9H,10H2,1-2H3,(H,21,22)/t25-/m0/s1. The van der Waals surface area contributed by atoms with Gasteiger partial charge in [0.25, 0.3) is 0 Å². The van der Waals surface area contributed by atoms with E-state index >= 15 is 0 Å². The molecule has 0 unspecified atom stereocenters. The van der Waals surface area contributed by atoms with Crippen molar-refractivity contribution >= 4 is 25.0 Å². The summed E-state index contributed by atoms with van der Waals surface area (Å²) in [5.41, 5.74) is 2.18. The minimum atomic E-state index is -4.65. The van der Waals surface area contributed by atoms with Gasteiger partial charge >= 0.3 is 13.9 Å². The van der Waals surface area contributed by atoms with Gasteiger partial charge in [-0.2, -0.15) is 13.2 Å². The van der Waals surface area contributed by atoms with E-state index in [9.17, 15) is 17.7 Å². The summed E-state index contributed by atoms with van der Waals surface area (Å²) < 4.78 is 60.0. The van der Waals surface area contributed by atoms with Crippen LogP contribution in [0.15, 0.2) is 42.5 Å². The number of halogens is 4. The molecule has 0 saturated heterocycles. The molecule has 2 rings (SSSR count). The minimum Gasteiger partial charge on any atom is -0.409 e. The molecular formula is C16H16ClF3NO3P. The topological polar surface area (TPSA) is 47.6 Å². The van der Waals surface area contributed by atoms with Crippen molar-refractivity contribution in [3.63, 3.8) is 0 Å². The average Bonchev–Trinajstić information content (AvgIpc) is 2.51. The zero-order valence-corrected chi connectivity index (χ0v) is 15.1. The van der Waals surface area contributed by atoms with Crippen LogP contribution in [-0.4, -0.2) is 12.8 Å². The van der Waals surface area contributed by atoms with Crippen molar-refractivity contribution in [2.24, 2.45) is 0 Å². The molecule has 0 fully saturated rings. The first-order valence-electron chi connectivity index (χ1n) is 7.18. The summed E-state index contributed by atoms with van der Waals surface area (Å²) >= 11 is 5.75. The molecular weight excluding hydrogens is 378 g/mol. The molecule has 25 heavy (non-hydrogen) atoms. The van der Waals surface area contributed by atoms with Gasteiger partial charge in [0.15, 0.2) is 6.61 Å². The fourth-order valence-electron chi connectivity index (χ4n) is 1.84. The van der Waals surface area contributed by atoms with Gasteiger partial charge in [0.2, 0.25) is 0 Å². The summed E-state index contributed by atoms with van der Waals surface area (Å²) in [6, 6.07) is 10.7. The Balaban J connectivity index is 2.25. The van der Waals surface area contributed by atoms with Crippen LogP contribution in [0.1, 0.15) is 11.1 Å². The fraction of sp³-hybridized carbons (Fsp3) is 0.250. The van der Waals surface area contributed by atoms with Crippen LogP contribution in [0.3, 0.4) is 0 Å². The maximum absolute atomic E-state index is 12.8. The van der Waals surface area contributed by atoms with E-state index < -0.39 is 20.5 Å². The molecule has 4 nitrogen and oxygen atoms in total. The summed E-state index contributed by atoms with van der Waals surface area (Å²) in [4.78, 5) is 0. The summed E-state index contributed by atoms with van der Waals surface area (Å²) in [7, 11) is -4.32. The fourth-order valence-corrected chi connectivity index (χ4v) is 3.30. The van der Waals surface area contributed by atoms with E-state index in [1.54, 1.807) is 18.2 Å². The molecule has 0 saturated carbocycles. The molecule has 136 valence electrons. The smallest absolute Gasteiger partial charge is 0.409 e.